The molecule has 0 radical (unpaired) electrons. The molecule has 2 rings (SSSR count). The summed E-state index contributed by atoms with van der Waals surface area (Å²) in [6, 6.07) is 8.47. The van der Waals surface area contributed by atoms with Crippen LogP contribution in [0, 0.1) is 5.82 Å². The molecule has 1 amide bonds. The van der Waals surface area contributed by atoms with E-state index in [4.69, 9.17) is 0 Å². The van der Waals surface area contributed by atoms with Gasteiger partial charge in [0.15, 0.2) is 0 Å². The Morgan fingerprint density at radius 1 is 1.00 bits per heavy atom. The van der Waals surface area contributed by atoms with Crippen LogP contribution >= 0.6 is 0 Å². The van der Waals surface area contributed by atoms with E-state index in [1.54, 1.807) is 0 Å². The molecule has 0 saturated carbocycles. The molecular formula is C17H13F4NO4. The number of alkyl halides is 3. The summed E-state index contributed by atoms with van der Waals surface area (Å²) in [5.41, 5.74) is -4.35. The van der Waals surface area contributed by atoms with Crippen molar-refractivity contribution in [2.75, 3.05) is 12.4 Å². The Morgan fingerprint density at radius 2 is 1.54 bits per heavy atom. The molecule has 9 heteroatoms. The fraction of sp³-hybridized carbons (Fsp3) is 0.176. The van der Waals surface area contributed by atoms with Crippen molar-refractivity contribution in [3.05, 3.63) is 65.5 Å². The molecule has 26 heavy (non-hydrogen) atoms. The minimum atomic E-state index is -5.31. The van der Waals surface area contributed by atoms with Crippen molar-refractivity contribution in [2.45, 2.75) is 11.8 Å². The van der Waals surface area contributed by atoms with Crippen LogP contribution in [-0.2, 0) is 15.1 Å². The monoisotopic (exact) mass is 371 g/mol. The van der Waals surface area contributed by atoms with Gasteiger partial charge in [0.05, 0.1) is 7.11 Å². The molecular weight excluding hydrogens is 358 g/mol. The third-order valence-corrected chi connectivity index (χ3v) is 3.56. The van der Waals surface area contributed by atoms with Crippen molar-refractivity contribution in [1.82, 2.24) is 0 Å². The van der Waals surface area contributed by atoms with E-state index in [9.17, 15) is 32.3 Å². The second-order valence-electron chi connectivity index (χ2n) is 5.24. The maximum Gasteiger partial charge on any atom is 0.432 e. The summed E-state index contributed by atoms with van der Waals surface area (Å²) in [6.07, 6.45) is -5.31. The van der Waals surface area contributed by atoms with Crippen LogP contribution in [0.15, 0.2) is 48.5 Å². The highest BCUT2D eigenvalue weighted by Crippen LogP contribution is 2.40. The third kappa shape index (κ3) is 3.67. The van der Waals surface area contributed by atoms with Crippen LogP contribution in [0.3, 0.4) is 0 Å². The van der Waals surface area contributed by atoms with Crippen molar-refractivity contribution in [2.24, 2.45) is 0 Å². The molecule has 2 aromatic carbocycles. The highest BCUT2D eigenvalue weighted by atomic mass is 19.4. The van der Waals surface area contributed by atoms with Gasteiger partial charge in [-0.25, -0.2) is 9.18 Å². The number of halogens is 4. The van der Waals surface area contributed by atoms with Crippen LogP contribution in [-0.4, -0.2) is 30.3 Å². The minimum absolute atomic E-state index is 0.109. The van der Waals surface area contributed by atoms with Crippen LogP contribution in [0.5, 0.6) is 0 Å². The first-order valence-corrected chi connectivity index (χ1v) is 7.14. The number of hydrogen-bond acceptors (Lipinski definition) is 4. The zero-order chi connectivity index (χ0) is 19.5. The first-order chi connectivity index (χ1) is 12.1. The number of amides is 1. The minimum Gasteiger partial charge on any atom is -0.466 e. The van der Waals surface area contributed by atoms with Gasteiger partial charge < -0.3 is 15.2 Å². The van der Waals surface area contributed by atoms with Crippen LogP contribution < -0.4 is 5.32 Å². The van der Waals surface area contributed by atoms with Crippen molar-refractivity contribution in [1.29, 1.82) is 0 Å². The van der Waals surface area contributed by atoms with Crippen LogP contribution in [0.1, 0.15) is 15.9 Å². The third-order valence-electron chi connectivity index (χ3n) is 3.56. The molecule has 1 unspecified atom stereocenters. The Morgan fingerprint density at radius 3 is 2.00 bits per heavy atom. The smallest absolute Gasteiger partial charge is 0.432 e. The Kier molecular flexibility index (Phi) is 5.31. The van der Waals surface area contributed by atoms with E-state index in [0.717, 1.165) is 43.5 Å². The van der Waals surface area contributed by atoms with Gasteiger partial charge >= 0.3 is 12.1 Å². The normalized spacial score (nSPS) is 13.6. The number of esters is 1. The van der Waals surface area contributed by atoms with Gasteiger partial charge in [0.2, 0.25) is 0 Å². The van der Waals surface area contributed by atoms with Crippen LogP contribution in [0.4, 0.5) is 23.2 Å². The Balaban J connectivity index is 2.25. The lowest BCUT2D eigenvalue weighted by molar-refractivity contribution is -0.266. The van der Waals surface area contributed by atoms with Gasteiger partial charge in [-0.15, -0.1) is 0 Å². The number of hydrogen-bond donors (Lipinski definition) is 2. The second-order valence-corrected chi connectivity index (χ2v) is 5.24. The number of carbonyl (C=O) groups is 2. The van der Waals surface area contributed by atoms with Gasteiger partial charge in [-0.1, -0.05) is 12.1 Å². The average molecular weight is 371 g/mol. The van der Waals surface area contributed by atoms with Gasteiger partial charge in [-0.05, 0) is 36.4 Å². The Labute approximate surface area is 145 Å². The number of methoxy groups -OCH3 is 1. The Hall–Kier alpha value is -2.94. The summed E-state index contributed by atoms with van der Waals surface area (Å²) in [6.45, 7) is 0. The number of ether oxygens (including phenoxy) is 1. The van der Waals surface area contributed by atoms with E-state index >= 15 is 0 Å². The molecule has 2 N–H and O–H groups in total. The van der Waals surface area contributed by atoms with E-state index < -0.39 is 35.0 Å². The molecule has 0 aliphatic carbocycles. The summed E-state index contributed by atoms with van der Waals surface area (Å²) < 4.78 is 56.3. The summed E-state index contributed by atoms with van der Waals surface area (Å²) in [7, 11) is 0.719. The lowest BCUT2D eigenvalue weighted by atomic mass is 9.93. The van der Waals surface area contributed by atoms with E-state index in [2.05, 4.69) is 10.1 Å². The lowest BCUT2D eigenvalue weighted by Gasteiger charge is -2.28. The van der Waals surface area contributed by atoms with E-state index in [1.165, 1.54) is 12.1 Å². The molecule has 0 aliphatic rings. The predicted octanol–water partition coefficient (Wildman–Crippen LogP) is 3.00. The molecule has 5 nitrogen and oxygen atoms in total. The first kappa shape index (κ1) is 19.4. The van der Waals surface area contributed by atoms with Crippen molar-refractivity contribution >= 4 is 17.6 Å². The number of benzene rings is 2. The summed E-state index contributed by atoms with van der Waals surface area (Å²) in [4.78, 5) is 23.4. The SMILES string of the molecule is COC(=O)C(O)(c1ccc(NC(=O)c2ccc(F)cc2)cc1)C(F)(F)F. The maximum atomic E-state index is 13.1. The highest BCUT2D eigenvalue weighted by Gasteiger charge is 2.62. The van der Waals surface area contributed by atoms with Crippen LogP contribution in [0.25, 0.3) is 0 Å². The van der Waals surface area contributed by atoms with Gasteiger partial charge in [0.1, 0.15) is 5.82 Å². The molecule has 138 valence electrons. The fourth-order valence-electron chi connectivity index (χ4n) is 2.14. The van der Waals surface area contributed by atoms with Crippen molar-refractivity contribution in [3.8, 4) is 0 Å². The fourth-order valence-corrected chi connectivity index (χ4v) is 2.14. The van der Waals surface area contributed by atoms with Gasteiger partial charge in [0, 0.05) is 16.8 Å². The van der Waals surface area contributed by atoms with Crippen molar-refractivity contribution in [3.63, 3.8) is 0 Å². The molecule has 1 atom stereocenters. The average Bonchev–Trinajstić information content (AvgIpc) is 2.60. The van der Waals surface area contributed by atoms with Gasteiger partial charge in [0.25, 0.3) is 11.5 Å². The predicted molar refractivity (Wildman–Crippen MR) is 82.8 cm³/mol. The summed E-state index contributed by atoms with van der Waals surface area (Å²) in [5.74, 6) is -3.02. The molecule has 0 heterocycles. The summed E-state index contributed by atoms with van der Waals surface area (Å²) >= 11 is 0. The quantitative estimate of drug-likeness (QED) is 0.640. The van der Waals surface area contributed by atoms with Gasteiger partial charge in [-0.2, -0.15) is 13.2 Å². The van der Waals surface area contributed by atoms with E-state index in [1.807, 2.05) is 0 Å². The molecule has 0 aromatic heterocycles. The molecule has 0 spiro atoms. The topological polar surface area (TPSA) is 75.6 Å². The number of rotatable bonds is 4. The summed E-state index contributed by atoms with van der Waals surface area (Å²) in [5, 5.41) is 12.2. The van der Waals surface area contributed by atoms with Gasteiger partial charge in [-0.3, -0.25) is 4.79 Å². The number of aliphatic hydroxyl groups is 1. The lowest BCUT2D eigenvalue weighted by Crippen LogP contribution is -2.49. The second kappa shape index (κ2) is 7.12. The molecule has 0 saturated heterocycles. The molecule has 2 aromatic rings. The largest absolute Gasteiger partial charge is 0.466 e. The van der Waals surface area contributed by atoms with Crippen molar-refractivity contribution < 1.29 is 37.0 Å². The number of anilines is 1. The van der Waals surface area contributed by atoms with E-state index in [-0.39, 0.29) is 11.3 Å². The number of nitrogens with one attached hydrogen (secondary N) is 1. The van der Waals surface area contributed by atoms with E-state index in [0.29, 0.717) is 0 Å². The number of carbonyl (C=O) groups excluding carboxylic acids is 2. The zero-order valence-corrected chi connectivity index (χ0v) is 13.3. The first-order valence-electron chi connectivity index (χ1n) is 7.14. The highest BCUT2D eigenvalue weighted by molar-refractivity contribution is 6.04. The molecule has 0 aliphatic heterocycles. The zero-order valence-electron chi connectivity index (χ0n) is 13.3. The van der Waals surface area contributed by atoms with Crippen LogP contribution in [0.2, 0.25) is 0 Å². The standard InChI is InChI=1S/C17H13F4NO4/c1-26-15(24)16(25,17(19,20)21)11-4-8-13(9-5-11)22-14(23)10-2-6-12(18)7-3-10/h2-9,25H,1H3,(H,22,23). The Bertz CT molecular complexity index is 803. The molecule has 0 fully saturated rings. The maximum absolute atomic E-state index is 13.1. The molecule has 0 bridgehead atoms.